The molecule has 2 N–H and O–H groups in total. The summed E-state index contributed by atoms with van der Waals surface area (Å²) < 4.78 is 34.9. The van der Waals surface area contributed by atoms with E-state index in [9.17, 15) is 18.8 Å². The lowest BCUT2D eigenvalue weighted by atomic mass is 10.2. The third-order valence-electron chi connectivity index (χ3n) is 4.39. The van der Waals surface area contributed by atoms with Crippen LogP contribution in [0.15, 0.2) is 64.1 Å². The van der Waals surface area contributed by atoms with E-state index in [0.717, 1.165) is 6.07 Å². The minimum atomic E-state index is -1.07. The molecule has 0 aliphatic heterocycles. The van der Waals surface area contributed by atoms with E-state index in [1.165, 1.54) is 37.6 Å². The molecule has 0 atom stereocenters. The molecular weight excluding hydrogens is 461 g/mol. The summed E-state index contributed by atoms with van der Waals surface area (Å²) in [5, 5.41) is 5.90. The van der Waals surface area contributed by atoms with Crippen LogP contribution in [0.1, 0.15) is 28.8 Å². The van der Waals surface area contributed by atoms with Crippen LogP contribution in [0.2, 0.25) is 0 Å². The summed E-state index contributed by atoms with van der Waals surface area (Å²) in [6, 6.07) is 13.4. The standard InChI is InChI=1S/C24H22FN3O7/c1-3-33-21-12-15(8-10-19(21)34-14-16-9-11-20(35-16)24(31)32-2)13-26-28-23(30)22(29)27-18-7-5-4-6-17(18)25/h4-13H,3,14H2,1-2H3,(H,27,29)(H,28,30)/b26-13-. The van der Waals surface area contributed by atoms with Gasteiger partial charge in [0.2, 0.25) is 5.76 Å². The maximum absolute atomic E-state index is 13.6. The van der Waals surface area contributed by atoms with Gasteiger partial charge >= 0.3 is 17.8 Å². The van der Waals surface area contributed by atoms with Crippen LogP contribution in [-0.4, -0.2) is 37.7 Å². The number of amides is 2. The number of benzene rings is 2. The number of halogens is 1. The number of furan rings is 1. The van der Waals surface area contributed by atoms with Crippen molar-refractivity contribution in [3.05, 3.63) is 77.5 Å². The van der Waals surface area contributed by atoms with E-state index in [4.69, 9.17) is 13.9 Å². The Morgan fingerprint density at radius 1 is 1.03 bits per heavy atom. The fraction of sp³-hybridized carbons (Fsp3) is 0.167. The molecule has 0 fully saturated rings. The van der Waals surface area contributed by atoms with Crippen LogP contribution in [0.5, 0.6) is 11.5 Å². The molecule has 11 heteroatoms. The maximum atomic E-state index is 13.6. The van der Waals surface area contributed by atoms with Crippen LogP contribution in [-0.2, 0) is 20.9 Å². The topological polar surface area (TPSA) is 128 Å². The zero-order valence-corrected chi connectivity index (χ0v) is 18.9. The Kier molecular flexibility index (Phi) is 8.54. The van der Waals surface area contributed by atoms with Gasteiger partial charge in [0.15, 0.2) is 11.5 Å². The van der Waals surface area contributed by atoms with Crippen LogP contribution >= 0.6 is 0 Å². The molecule has 35 heavy (non-hydrogen) atoms. The van der Waals surface area contributed by atoms with E-state index in [1.807, 2.05) is 0 Å². The predicted molar refractivity (Wildman–Crippen MR) is 123 cm³/mol. The molecule has 3 aromatic rings. The van der Waals surface area contributed by atoms with E-state index in [-0.39, 0.29) is 18.1 Å². The summed E-state index contributed by atoms with van der Waals surface area (Å²) in [6.45, 7) is 2.20. The maximum Gasteiger partial charge on any atom is 0.373 e. The summed E-state index contributed by atoms with van der Waals surface area (Å²) in [5.74, 6) is -2.11. The smallest absolute Gasteiger partial charge is 0.373 e. The van der Waals surface area contributed by atoms with Gasteiger partial charge in [0.25, 0.3) is 0 Å². The molecule has 182 valence electrons. The lowest BCUT2D eigenvalue weighted by Gasteiger charge is -2.11. The van der Waals surface area contributed by atoms with Gasteiger partial charge in [-0.15, -0.1) is 0 Å². The molecule has 0 aliphatic rings. The molecule has 0 radical (unpaired) electrons. The van der Waals surface area contributed by atoms with Crippen molar-refractivity contribution in [2.24, 2.45) is 5.10 Å². The number of esters is 1. The Bertz CT molecular complexity index is 1240. The van der Waals surface area contributed by atoms with Crippen molar-refractivity contribution in [2.45, 2.75) is 13.5 Å². The summed E-state index contributed by atoms with van der Waals surface area (Å²) in [7, 11) is 1.26. The molecule has 10 nitrogen and oxygen atoms in total. The summed E-state index contributed by atoms with van der Waals surface area (Å²) in [5.41, 5.74) is 2.50. The first-order chi connectivity index (χ1) is 16.9. The van der Waals surface area contributed by atoms with Gasteiger partial charge in [0, 0.05) is 0 Å². The van der Waals surface area contributed by atoms with Gasteiger partial charge in [-0.05, 0) is 55.0 Å². The number of carbonyl (C=O) groups is 3. The number of hydrogen-bond donors (Lipinski definition) is 2. The molecule has 0 saturated carbocycles. The van der Waals surface area contributed by atoms with Gasteiger partial charge in [-0.1, -0.05) is 12.1 Å². The molecule has 3 rings (SSSR count). The number of hydrazone groups is 1. The van der Waals surface area contributed by atoms with Gasteiger partial charge in [0.05, 0.1) is 25.6 Å². The van der Waals surface area contributed by atoms with Crippen LogP contribution < -0.4 is 20.2 Å². The number of ether oxygens (including phenoxy) is 3. The molecule has 2 amide bonds. The van der Waals surface area contributed by atoms with Crippen LogP contribution in [0.25, 0.3) is 0 Å². The lowest BCUT2D eigenvalue weighted by molar-refractivity contribution is -0.136. The van der Waals surface area contributed by atoms with Crippen molar-refractivity contribution < 1.29 is 37.4 Å². The first-order valence-corrected chi connectivity index (χ1v) is 10.4. The largest absolute Gasteiger partial charge is 0.490 e. The fourth-order valence-electron chi connectivity index (χ4n) is 2.77. The van der Waals surface area contributed by atoms with Crippen molar-refractivity contribution in [1.29, 1.82) is 0 Å². The number of nitrogens with one attached hydrogen (secondary N) is 2. The number of carbonyl (C=O) groups excluding carboxylic acids is 3. The second-order valence-corrected chi connectivity index (χ2v) is 6.82. The molecule has 2 aromatic carbocycles. The Balaban J connectivity index is 1.59. The highest BCUT2D eigenvalue weighted by Crippen LogP contribution is 2.29. The van der Waals surface area contributed by atoms with Crippen molar-refractivity contribution in [3.8, 4) is 11.5 Å². The molecule has 0 bridgehead atoms. The Labute approximate surface area is 199 Å². The highest BCUT2D eigenvalue weighted by molar-refractivity contribution is 6.39. The van der Waals surface area contributed by atoms with Crippen molar-refractivity contribution in [2.75, 3.05) is 19.0 Å². The number of nitrogens with zero attached hydrogens (tertiary/aromatic N) is 1. The quantitative estimate of drug-likeness (QED) is 0.207. The average molecular weight is 483 g/mol. The Morgan fingerprint density at radius 3 is 2.57 bits per heavy atom. The number of rotatable bonds is 9. The number of methoxy groups -OCH3 is 1. The van der Waals surface area contributed by atoms with Crippen LogP contribution in [0.4, 0.5) is 10.1 Å². The number of hydrogen-bond acceptors (Lipinski definition) is 8. The average Bonchev–Trinajstić information content (AvgIpc) is 3.33. The van der Waals surface area contributed by atoms with E-state index in [0.29, 0.717) is 29.4 Å². The molecule has 0 unspecified atom stereocenters. The summed E-state index contributed by atoms with van der Waals surface area (Å²) in [4.78, 5) is 35.3. The van der Waals surface area contributed by atoms with Gasteiger partial charge in [0.1, 0.15) is 18.2 Å². The Hall–Kier alpha value is -4.67. The van der Waals surface area contributed by atoms with E-state index < -0.39 is 23.6 Å². The molecule has 1 aromatic heterocycles. The minimum Gasteiger partial charge on any atom is -0.490 e. The number of para-hydroxylation sites is 1. The summed E-state index contributed by atoms with van der Waals surface area (Å²) in [6.07, 6.45) is 1.30. The van der Waals surface area contributed by atoms with Gasteiger partial charge in [-0.3, -0.25) is 9.59 Å². The van der Waals surface area contributed by atoms with Crippen molar-refractivity contribution in [1.82, 2.24) is 5.43 Å². The third kappa shape index (κ3) is 6.90. The second kappa shape index (κ2) is 12.0. The normalized spacial score (nSPS) is 10.6. The van der Waals surface area contributed by atoms with E-state index >= 15 is 0 Å². The van der Waals surface area contributed by atoms with Gasteiger partial charge < -0.3 is 23.9 Å². The lowest BCUT2D eigenvalue weighted by Crippen LogP contribution is -2.32. The SMILES string of the molecule is CCOc1cc(/C=N\NC(=O)C(=O)Nc2ccccc2F)ccc1OCc1ccc(C(=O)OC)o1. The van der Waals surface area contributed by atoms with Crippen molar-refractivity contribution >= 4 is 29.7 Å². The highest BCUT2D eigenvalue weighted by atomic mass is 19.1. The van der Waals surface area contributed by atoms with E-state index in [1.54, 1.807) is 31.2 Å². The summed E-state index contributed by atoms with van der Waals surface area (Å²) >= 11 is 0. The molecule has 1 heterocycles. The third-order valence-corrected chi connectivity index (χ3v) is 4.39. The highest BCUT2D eigenvalue weighted by Gasteiger charge is 2.15. The predicted octanol–water partition coefficient (Wildman–Crippen LogP) is 3.27. The minimum absolute atomic E-state index is 0.0394. The molecule has 0 saturated heterocycles. The first-order valence-electron chi connectivity index (χ1n) is 10.4. The van der Waals surface area contributed by atoms with Gasteiger partial charge in [-0.25, -0.2) is 14.6 Å². The van der Waals surface area contributed by atoms with Gasteiger partial charge in [-0.2, -0.15) is 5.10 Å². The fourth-order valence-corrected chi connectivity index (χ4v) is 2.77. The first kappa shape index (κ1) is 25.0. The Morgan fingerprint density at radius 2 is 1.83 bits per heavy atom. The van der Waals surface area contributed by atoms with Crippen molar-refractivity contribution in [3.63, 3.8) is 0 Å². The molecular formula is C24H22FN3O7. The zero-order valence-electron chi connectivity index (χ0n) is 18.9. The molecule has 0 spiro atoms. The van der Waals surface area contributed by atoms with Crippen LogP contribution in [0.3, 0.4) is 0 Å². The molecule has 0 aliphatic carbocycles. The second-order valence-electron chi connectivity index (χ2n) is 6.82. The monoisotopic (exact) mass is 483 g/mol. The zero-order chi connectivity index (χ0) is 25.2. The number of anilines is 1. The van der Waals surface area contributed by atoms with Crippen LogP contribution in [0, 0.1) is 5.82 Å². The van der Waals surface area contributed by atoms with E-state index in [2.05, 4.69) is 20.6 Å².